The molecule has 0 heterocycles. The molecule has 0 aliphatic heterocycles. The number of allylic oxidation sites excluding steroid dienone is 2. The van der Waals surface area contributed by atoms with Gasteiger partial charge in [-0.05, 0) is 31.4 Å². The second-order valence-corrected chi connectivity index (χ2v) is 3.19. The highest BCUT2D eigenvalue weighted by molar-refractivity contribution is 5.91. The van der Waals surface area contributed by atoms with E-state index in [1.807, 2.05) is 44.2 Å². The third-order valence-corrected chi connectivity index (χ3v) is 2.15. The van der Waals surface area contributed by atoms with Crippen molar-refractivity contribution in [3.05, 3.63) is 47.0 Å². The van der Waals surface area contributed by atoms with Crippen molar-refractivity contribution in [3.63, 3.8) is 0 Å². The van der Waals surface area contributed by atoms with Crippen LogP contribution in [-0.2, 0) is 6.42 Å². The Labute approximate surface area is 83.9 Å². The van der Waals surface area contributed by atoms with Crippen LogP contribution in [0.25, 0.3) is 0 Å². The molecule has 1 N–H and O–H groups in total. The van der Waals surface area contributed by atoms with Gasteiger partial charge in [0.1, 0.15) is 0 Å². The molecular weight excluding hydrogens is 176 g/mol. The molecule has 0 bridgehead atoms. The molecule has 1 aromatic rings. The fraction of sp³-hybridized carbons (Fsp3) is 0.250. The van der Waals surface area contributed by atoms with Gasteiger partial charge in [0.2, 0.25) is 0 Å². The second kappa shape index (κ2) is 4.61. The molecule has 1 aromatic carbocycles. The van der Waals surface area contributed by atoms with Gasteiger partial charge in [-0.1, -0.05) is 30.4 Å². The van der Waals surface area contributed by atoms with Crippen molar-refractivity contribution >= 4 is 5.97 Å². The zero-order valence-electron chi connectivity index (χ0n) is 8.45. The highest BCUT2D eigenvalue weighted by Gasteiger charge is 2.10. The highest BCUT2D eigenvalue weighted by Crippen LogP contribution is 2.15. The Balaban J connectivity index is 3.14. The van der Waals surface area contributed by atoms with Gasteiger partial charge in [0.25, 0.3) is 0 Å². The topological polar surface area (TPSA) is 37.3 Å². The van der Waals surface area contributed by atoms with Crippen LogP contribution in [0.4, 0.5) is 0 Å². The summed E-state index contributed by atoms with van der Waals surface area (Å²) in [7, 11) is 0. The van der Waals surface area contributed by atoms with E-state index in [9.17, 15) is 4.79 Å². The standard InChI is InChI=1S/C12H14O2/c1-3-4-7-10-8-5-6-9(2)11(10)12(13)14/h3-6,8H,7H2,1-2H3,(H,13,14)/b4-3+. The smallest absolute Gasteiger partial charge is 0.336 e. The minimum Gasteiger partial charge on any atom is -0.478 e. The number of aryl methyl sites for hydroxylation is 1. The van der Waals surface area contributed by atoms with Gasteiger partial charge in [0, 0.05) is 0 Å². The molecular formula is C12H14O2. The summed E-state index contributed by atoms with van der Waals surface area (Å²) in [5, 5.41) is 9.02. The van der Waals surface area contributed by atoms with Gasteiger partial charge in [-0.25, -0.2) is 4.79 Å². The molecule has 74 valence electrons. The summed E-state index contributed by atoms with van der Waals surface area (Å²) < 4.78 is 0. The Bertz CT molecular complexity index is 365. The van der Waals surface area contributed by atoms with Crippen molar-refractivity contribution in [2.45, 2.75) is 20.3 Å². The normalized spacial score (nSPS) is 10.7. The van der Waals surface area contributed by atoms with Crippen LogP contribution in [0.3, 0.4) is 0 Å². The molecule has 0 amide bonds. The third-order valence-electron chi connectivity index (χ3n) is 2.15. The molecule has 0 saturated carbocycles. The maximum absolute atomic E-state index is 11.0. The molecule has 0 aromatic heterocycles. The van der Waals surface area contributed by atoms with Crippen LogP contribution >= 0.6 is 0 Å². The number of carboxylic acids is 1. The van der Waals surface area contributed by atoms with E-state index in [1.165, 1.54) is 0 Å². The number of rotatable bonds is 3. The molecule has 0 atom stereocenters. The number of benzene rings is 1. The van der Waals surface area contributed by atoms with E-state index < -0.39 is 5.97 Å². The van der Waals surface area contributed by atoms with Crippen molar-refractivity contribution in [2.75, 3.05) is 0 Å². The Morgan fingerprint density at radius 2 is 2.21 bits per heavy atom. The summed E-state index contributed by atoms with van der Waals surface area (Å²) in [5.74, 6) is -0.845. The quantitative estimate of drug-likeness (QED) is 0.744. The number of carbonyl (C=O) groups is 1. The molecule has 0 unspecified atom stereocenters. The second-order valence-electron chi connectivity index (χ2n) is 3.19. The number of aromatic carboxylic acids is 1. The van der Waals surface area contributed by atoms with Crippen LogP contribution in [0.1, 0.15) is 28.4 Å². The van der Waals surface area contributed by atoms with E-state index in [1.54, 1.807) is 0 Å². The van der Waals surface area contributed by atoms with Crippen molar-refractivity contribution in [2.24, 2.45) is 0 Å². The zero-order chi connectivity index (χ0) is 10.6. The molecule has 0 saturated heterocycles. The van der Waals surface area contributed by atoms with Crippen LogP contribution in [0, 0.1) is 6.92 Å². The molecule has 14 heavy (non-hydrogen) atoms. The molecule has 2 nitrogen and oxygen atoms in total. The SMILES string of the molecule is C/C=C/Cc1cccc(C)c1C(=O)O. The number of carboxylic acid groups (broad SMARTS) is 1. The lowest BCUT2D eigenvalue weighted by Gasteiger charge is -2.06. The summed E-state index contributed by atoms with van der Waals surface area (Å²) in [6.07, 6.45) is 4.56. The Morgan fingerprint density at radius 3 is 2.79 bits per heavy atom. The zero-order valence-corrected chi connectivity index (χ0v) is 8.45. The predicted molar refractivity (Wildman–Crippen MR) is 56.7 cm³/mol. The lowest BCUT2D eigenvalue weighted by molar-refractivity contribution is 0.0695. The summed E-state index contributed by atoms with van der Waals surface area (Å²) in [6, 6.07) is 5.57. The maximum Gasteiger partial charge on any atom is 0.336 e. The van der Waals surface area contributed by atoms with Crippen LogP contribution < -0.4 is 0 Å². The van der Waals surface area contributed by atoms with Gasteiger partial charge in [-0.3, -0.25) is 0 Å². The lowest BCUT2D eigenvalue weighted by atomic mass is 9.99. The van der Waals surface area contributed by atoms with E-state index in [0.717, 1.165) is 11.1 Å². The van der Waals surface area contributed by atoms with Gasteiger partial charge >= 0.3 is 5.97 Å². The maximum atomic E-state index is 11.0. The van der Waals surface area contributed by atoms with Crippen molar-refractivity contribution in [3.8, 4) is 0 Å². The molecule has 0 aliphatic rings. The lowest BCUT2D eigenvalue weighted by Crippen LogP contribution is -2.04. The summed E-state index contributed by atoms with van der Waals surface area (Å²) in [6.45, 7) is 3.75. The van der Waals surface area contributed by atoms with E-state index >= 15 is 0 Å². The summed E-state index contributed by atoms with van der Waals surface area (Å²) >= 11 is 0. The molecule has 0 spiro atoms. The van der Waals surface area contributed by atoms with E-state index in [4.69, 9.17) is 5.11 Å². The van der Waals surface area contributed by atoms with Crippen molar-refractivity contribution < 1.29 is 9.90 Å². The fourth-order valence-corrected chi connectivity index (χ4v) is 1.45. The minimum absolute atomic E-state index is 0.436. The Kier molecular flexibility index (Phi) is 3.46. The van der Waals surface area contributed by atoms with Crippen LogP contribution in [-0.4, -0.2) is 11.1 Å². The average molecular weight is 190 g/mol. The number of hydrogen-bond acceptors (Lipinski definition) is 1. The summed E-state index contributed by atoms with van der Waals surface area (Å²) in [4.78, 5) is 11.0. The molecule has 0 radical (unpaired) electrons. The summed E-state index contributed by atoms with van der Waals surface area (Å²) in [5.41, 5.74) is 2.13. The molecule has 0 fully saturated rings. The fourth-order valence-electron chi connectivity index (χ4n) is 1.45. The molecule has 2 heteroatoms. The third kappa shape index (κ3) is 2.22. The van der Waals surface area contributed by atoms with Crippen LogP contribution in [0.15, 0.2) is 30.4 Å². The van der Waals surface area contributed by atoms with Gasteiger partial charge < -0.3 is 5.11 Å². The van der Waals surface area contributed by atoms with E-state index in [0.29, 0.717) is 12.0 Å². The first kappa shape index (κ1) is 10.5. The van der Waals surface area contributed by atoms with E-state index in [2.05, 4.69) is 0 Å². The van der Waals surface area contributed by atoms with Crippen LogP contribution in [0.5, 0.6) is 0 Å². The van der Waals surface area contributed by atoms with Gasteiger partial charge in [-0.2, -0.15) is 0 Å². The first-order chi connectivity index (χ1) is 6.66. The molecule has 0 aliphatic carbocycles. The molecule has 1 rings (SSSR count). The van der Waals surface area contributed by atoms with Gasteiger partial charge in [-0.15, -0.1) is 0 Å². The minimum atomic E-state index is -0.845. The van der Waals surface area contributed by atoms with Crippen molar-refractivity contribution in [1.82, 2.24) is 0 Å². The Morgan fingerprint density at radius 1 is 1.50 bits per heavy atom. The monoisotopic (exact) mass is 190 g/mol. The van der Waals surface area contributed by atoms with Gasteiger partial charge in [0.05, 0.1) is 5.56 Å². The first-order valence-corrected chi connectivity index (χ1v) is 4.59. The number of hydrogen-bond donors (Lipinski definition) is 1. The predicted octanol–water partition coefficient (Wildman–Crippen LogP) is 2.81. The van der Waals surface area contributed by atoms with Crippen molar-refractivity contribution in [1.29, 1.82) is 0 Å². The van der Waals surface area contributed by atoms with Gasteiger partial charge in [0.15, 0.2) is 0 Å². The average Bonchev–Trinajstić information content (AvgIpc) is 2.14. The van der Waals surface area contributed by atoms with E-state index in [-0.39, 0.29) is 0 Å². The largest absolute Gasteiger partial charge is 0.478 e. The Hall–Kier alpha value is -1.57. The highest BCUT2D eigenvalue weighted by atomic mass is 16.4. The van der Waals surface area contributed by atoms with Crippen LogP contribution in [0.2, 0.25) is 0 Å². The first-order valence-electron chi connectivity index (χ1n) is 4.59.